The normalized spacial score (nSPS) is 9.82. The van der Waals surface area contributed by atoms with Gasteiger partial charge in [0, 0.05) is 22.5 Å². The van der Waals surface area contributed by atoms with Crippen LogP contribution >= 0.6 is 0 Å². The van der Waals surface area contributed by atoms with Crippen molar-refractivity contribution in [3.63, 3.8) is 0 Å². The molecule has 0 aromatic heterocycles. The summed E-state index contributed by atoms with van der Waals surface area (Å²) in [5.41, 5.74) is -0.161. The molecule has 0 saturated heterocycles. The van der Waals surface area contributed by atoms with E-state index < -0.39 is 46.0 Å². The van der Waals surface area contributed by atoms with Gasteiger partial charge in [-0.1, -0.05) is 11.8 Å². The van der Waals surface area contributed by atoms with Crippen molar-refractivity contribution < 1.29 is 29.4 Å². The molecule has 0 spiro atoms. The van der Waals surface area contributed by atoms with E-state index in [1.165, 1.54) is 24.3 Å². The fraction of sp³-hybridized carbons (Fsp3) is 0. The van der Waals surface area contributed by atoms with Crippen LogP contribution in [0.4, 0.5) is 11.4 Å². The summed E-state index contributed by atoms with van der Waals surface area (Å²) in [5, 5.41) is 24.1. The maximum absolute atomic E-state index is 12.9. The lowest BCUT2D eigenvalue weighted by molar-refractivity contribution is 0.0690. The number of carboxylic acid groups (broad SMARTS) is 2. The van der Waals surface area contributed by atoms with E-state index in [9.17, 15) is 29.4 Å². The Hall–Kier alpha value is -5.34. The van der Waals surface area contributed by atoms with Crippen molar-refractivity contribution in [1.29, 1.82) is 0 Å². The van der Waals surface area contributed by atoms with Crippen molar-refractivity contribution >= 4 is 35.1 Å². The van der Waals surface area contributed by atoms with Gasteiger partial charge in [-0.2, -0.15) is 0 Å². The molecular formula is C26H16N2O6. The first-order valence-electron chi connectivity index (χ1n) is 9.64. The number of hydrogen-bond donors (Lipinski definition) is 4. The van der Waals surface area contributed by atoms with Crippen molar-refractivity contribution in [3.8, 4) is 24.7 Å². The fourth-order valence-electron chi connectivity index (χ4n) is 3.03. The zero-order valence-corrected chi connectivity index (χ0v) is 17.5. The van der Waals surface area contributed by atoms with Gasteiger partial charge in [0.05, 0.1) is 22.3 Å². The van der Waals surface area contributed by atoms with Crippen LogP contribution in [0.3, 0.4) is 0 Å². The fourth-order valence-corrected chi connectivity index (χ4v) is 3.03. The molecule has 8 heteroatoms. The molecule has 0 radical (unpaired) electrons. The number of carbonyl (C=O) groups is 4. The summed E-state index contributed by atoms with van der Waals surface area (Å²) in [6, 6.07) is 14.1. The van der Waals surface area contributed by atoms with Gasteiger partial charge < -0.3 is 20.8 Å². The number of rotatable bonds is 6. The Bertz CT molecular complexity index is 1290. The second-order valence-corrected chi connectivity index (χ2v) is 6.91. The van der Waals surface area contributed by atoms with E-state index in [4.69, 9.17) is 12.8 Å². The van der Waals surface area contributed by atoms with Crippen molar-refractivity contribution in [2.24, 2.45) is 0 Å². The van der Waals surface area contributed by atoms with Gasteiger partial charge in [-0.25, -0.2) is 9.59 Å². The minimum absolute atomic E-state index is 0.322. The first-order chi connectivity index (χ1) is 16.2. The highest BCUT2D eigenvalue weighted by atomic mass is 16.4. The summed E-state index contributed by atoms with van der Waals surface area (Å²) < 4.78 is 0. The molecule has 0 fully saturated rings. The van der Waals surface area contributed by atoms with Crippen LogP contribution in [-0.2, 0) is 0 Å². The highest BCUT2D eigenvalue weighted by Gasteiger charge is 2.26. The van der Waals surface area contributed by atoms with Gasteiger partial charge in [0.25, 0.3) is 11.8 Å². The maximum Gasteiger partial charge on any atom is 0.336 e. The molecule has 2 amide bonds. The zero-order valence-electron chi connectivity index (χ0n) is 17.5. The highest BCUT2D eigenvalue weighted by Crippen LogP contribution is 2.22. The zero-order chi connectivity index (χ0) is 24.8. The predicted molar refractivity (Wildman–Crippen MR) is 125 cm³/mol. The summed E-state index contributed by atoms with van der Waals surface area (Å²) in [5.74, 6) is 0.0788. The van der Waals surface area contributed by atoms with Crippen LogP contribution in [0.25, 0.3) is 0 Å². The average molecular weight is 452 g/mol. The molecule has 34 heavy (non-hydrogen) atoms. The summed E-state index contributed by atoms with van der Waals surface area (Å²) in [6.07, 6.45) is 10.6. The van der Waals surface area contributed by atoms with Crippen molar-refractivity contribution in [3.05, 3.63) is 94.0 Å². The number of carboxylic acids is 2. The van der Waals surface area contributed by atoms with E-state index in [0.717, 1.165) is 12.1 Å². The molecule has 0 aliphatic carbocycles. The summed E-state index contributed by atoms with van der Waals surface area (Å²) in [7, 11) is 0. The van der Waals surface area contributed by atoms with Crippen LogP contribution in [-0.4, -0.2) is 34.0 Å². The minimum Gasteiger partial charge on any atom is -0.478 e. The Morgan fingerprint density at radius 3 is 1.21 bits per heavy atom. The number of terminal acetylenes is 2. The van der Waals surface area contributed by atoms with Crippen molar-refractivity contribution in [1.82, 2.24) is 0 Å². The molecule has 0 aliphatic rings. The van der Waals surface area contributed by atoms with E-state index in [1.54, 1.807) is 24.3 Å². The Balaban J connectivity index is 2.01. The molecule has 0 saturated carbocycles. The molecule has 0 bridgehead atoms. The van der Waals surface area contributed by atoms with Gasteiger partial charge in [0.2, 0.25) is 0 Å². The maximum atomic E-state index is 12.9. The number of carbonyl (C=O) groups excluding carboxylic acids is 2. The Kier molecular flexibility index (Phi) is 6.76. The minimum atomic E-state index is -1.54. The molecule has 4 N–H and O–H groups in total. The van der Waals surface area contributed by atoms with Gasteiger partial charge in [-0.05, 0) is 60.7 Å². The molecule has 0 unspecified atom stereocenters. The lowest BCUT2D eigenvalue weighted by Crippen LogP contribution is -2.22. The number of benzene rings is 3. The summed E-state index contributed by atoms with van der Waals surface area (Å²) in [6.45, 7) is 0. The van der Waals surface area contributed by atoms with Gasteiger partial charge in [0.15, 0.2) is 0 Å². The van der Waals surface area contributed by atoms with Crippen LogP contribution < -0.4 is 10.6 Å². The van der Waals surface area contributed by atoms with Gasteiger partial charge >= 0.3 is 11.9 Å². The second-order valence-electron chi connectivity index (χ2n) is 6.91. The highest BCUT2D eigenvalue weighted by molar-refractivity contribution is 6.16. The van der Waals surface area contributed by atoms with E-state index >= 15 is 0 Å². The number of anilines is 2. The number of amides is 2. The lowest BCUT2D eigenvalue weighted by atomic mass is 9.96. The summed E-state index contributed by atoms with van der Waals surface area (Å²) >= 11 is 0. The number of hydrogen-bond acceptors (Lipinski definition) is 4. The first kappa shape index (κ1) is 23.3. The van der Waals surface area contributed by atoms with E-state index in [2.05, 4.69) is 22.5 Å². The first-order valence-corrected chi connectivity index (χ1v) is 9.64. The standard InChI is InChI=1S/C26H16N2O6/c1-3-15-5-9-17(10-6-15)27-23(29)19-13-20(22(26(33)34)14-21(19)25(31)32)24(30)28-18-11-7-16(4-2)8-12-18/h1-2,5-14H,(H,27,29)(H,28,30)(H,31,32)(H,33,34). The van der Waals surface area contributed by atoms with Crippen LogP contribution in [0.1, 0.15) is 52.6 Å². The van der Waals surface area contributed by atoms with Gasteiger partial charge in [-0.3, -0.25) is 9.59 Å². The average Bonchev–Trinajstić information content (AvgIpc) is 2.83. The van der Waals surface area contributed by atoms with E-state index in [-0.39, 0.29) is 0 Å². The third-order valence-electron chi connectivity index (χ3n) is 4.73. The quantitative estimate of drug-likeness (QED) is 0.423. The Morgan fingerprint density at radius 1 is 0.588 bits per heavy atom. The van der Waals surface area contributed by atoms with Crippen LogP contribution in [0.2, 0.25) is 0 Å². The van der Waals surface area contributed by atoms with E-state index in [0.29, 0.717) is 22.5 Å². The van der Waals surface area contributed by atoms with Crippen LogP contribution in [0.5, 0.6) is 0 Å². The van der Waals surface area contributed by atoms with Gasteiger partial charge in [-0.15, -0.1) is 12.8 Å². The molecule has 3 aromatic carbocycles. The number of aromatic carboxylic acids is 2. The molecule has 0 atom stereocenters. The Labute approximate surface area is 194 Å². The van der Waals surface area contributed by atoms with Gasteiger partial charge in [0.1, 0.15) is 0 Å². The van der Waals surface area contributed by atoms with Crippen molar-refractivity contribution in [2.75, 3.05) is 10.6 Å². The SMILES string of the molecule is C#Cc1ccc(NC(=O)c2cc(C(=O)Nc3ccc(C#C)cc3)c(C(=O)O)cc2C(=O)O)cc1. The third kappa shape index (κ3) is 5.10. The molecule has 3 rings (SSSR count). The summed E-state index contributed by atoms with van der Waals surface area (Å²) in [4.78, 5) is 49.2. The predicted octanol–water partition coefficient (Wildman–Crippen LogP) is 3.55. The van der Waals surface area contributed by atoms with Crippen LogP contribution in [0.15, 0.2) is 60.7 Å². The molecule has 0 aliphatic heterocycles. The smallest absolute Gasteiger partial charge is 0.336 e. The van der Waals surface area contributed by atoms with E-state index in [1.807, 2.05) is 0 Å². The molecule has 3 aromatic rings. The number of nitrogens with one attached hydrogen (secondary N) is 2. The topological polar surface area (TPSA) is 133 Å². The Morgan fingerprint density at radius 2 is 0.912 bits per heavy atom. The molecular weight excluding hydrogens is 436 g/mol. The second kappa shape index (κ2) is 9.86. The molecule has 0 heterocycles. The monoisotopic (exact) mass is 452 g/mol. The lowest BCUT2D eigenvalue weighted by Gasteiger charge is -2.13. The van der Waals surface area contributed by atoms with Crippen molar-refractivity contribution in [2.45, 2.75) is 0 Å². The molecule has 166 valence electrons. The molecule has 8 nitrogen and oxygen atoms in total. The third-order valence-corrected chi connectivity index (χ3v) is 4.73. The van der Waals surface area contributed by atoms with Crippen LogP contribution in [0, 0.1) is 24.7 Å². The largest absolute Gasteiger partial charge is 0.478 e.